The highest BCUT2D eigenvalue weighted by Gasteiger charge is 2.22. The molecule has 1 heterocycles. The number of carbonyl (C=O) groups excluding carboxylic acids is 1. The van der Waals surface area contributed by atoms with Crippen LogP contribution in [0.15, 0.2) is 18.2 Å². The van der Waals surface area contributed by atoms with E-state index in [0.29, 0.717) is 36.2 Å². The average molecular weight is 399 g/mol. The number of rotatable bonds is 6. The fourth-order valence-electron chi connectivity index (χ4n) is 1.98. The summed E-state index contributed by atoms with van der Waals surface area (Å²) in [5, 5.41) is 6.20. The van der Waals surface area contributed by atoms with Gasteiger partial charge in [-0.2, -0.15) is 0 Å². The molecule has 2 N–H and O–H groups in total. The Morgan fingerprint density at radius 3 is 2.88 bits per heavy atom. The van der Waals surface area contributed by atoms with Gasteiger partial charge in [-0.05, 0) is 18.2 Å². The Morgan fingerprint density at radius 1 is 1.50 bits per heavy atom. The maximum atomic E-state index is 12.2. The lowest BCUT2D eigenvalue weighted by Gasteiger charge is -2.23. The van der Waals surface area contributed by atoms with Crippen molar-refractivity contribution in [2.75, 3.05) is 43.6 Å². The Labute approximate surface area is 152 Å². The van der Waals surface area contributed by atoms with E-state index in [0.717, 1.165) is 6.26 Å². The van der Waals surface area contributed by atoms with Gasteiger partial charge >= 0.3 is 0 Å². The minimum atomic E-state index is -3.12. The first-order valence-electron chi connectivity index (χ1n) is 7.08. The van der Waals surface area contributed by atoms with E-state index in [1.54, 1.807) is 18.2 Å². The Bertz CT molecular complexity index is 663. The van der Waals surface area contributed by atoms with Crippen LogP contribution >= 0.6 is 24.0 Å². The maximum Gasteiger partial charge on any atom is 0.254 e. The third-order valence-corrected chi connectivity index (χ3v) is 4.27. The molecule has 0 aliphatic carbocycles. The standard InChI is InChI=1S/C14H19ClN2O5S.ClH/c1-23(19,20)7-6-22-12-3-2-10(15)8-11(12)17-14(18)13-9-16-4-5-21-13;/h2-3,8,13,16H,4-7,9H2,1H3,(H,17,18);1H. The lowest BCUT2D eigenvalue weighted by atomic mass is 10.2. The molecule has 0 spiro atoms. The Morgan fingerprint density at radius 2 is 2.25 bits per heavy atom. The van der Waals surface area contributed by atoms with Crippen LogP contribution in [0.1, 0.15) is 0 Å². The second-order valence-electron chi connectivity index (χ2n) is 5.17. The van der Waals surface area contributed by atoms with Crippen LogP contribution in [0, 0.1) is 0 Å². The fraction of sp³-hybridized carbons (Fsp3) is 0.500. The van der Waals surface area contributed by atoms with Crippen LogP contribution in [-0.4, -0.2) is 58.7 Å². The van der Waals surface area contributed by atoms with Crippen molar-refractivity contribution in [1.29, 1.82) is 0 Å². The van der Waals surface area contributed by atoms with Gasteiger partial charge in [-0.1, -0.05) is 11.6 Å². The van der Waals surface area contributed by atoms with Crippen LogP contribution in [0.2, 0.25) is 5.02 Å². The van der Waals surface area contributed by atoms with Gasteiger partial charge in [0.15, 0.2) is 9.84 Å². The third-order valence-electron chi connectivity index (χ3n) is 3.13. The van der Waals surface area contributed by atoms with Crippen LogP contribution in [0.5, 0.6) is 5.75 Å². The normalized spacial score (nSPS) is 17.7. The van der Waals surface area contributed by atoms with E-state index < -0.39 is 15.9 Å². The number of halogens is 2. The molecule has 0 radical (unpaired) electrons. The van der Waals surface area contributed by atoms with Crippen molar-refractivity contribution < 1.29 is 22.7 Å². The Kier molecular flexibility index (Phi) is 8.24. The van der Waals surface area contributed by atoms with Gasteiger partial charge < -0.3 is 20.1 Å². The largest absolute Gasteiger partial charge is 0.490 e. The van der Waals surface area contributed by atoms with E-state index in [1.807, 2.05) is 0 Å². The molecule has 1 aliphatic heterocycles. The van der Waals surface area contributed by atoms with E-state index >= 15 is 0 Å². The van der Waals surface area contributed by atoms with Crippen molar-refractivity contribution in [3.63, 3.8) is 0 Å². The van der Waals surface area contributed by atoms with Gasteiger partial charge in [0, 0.05) is 24.4 Å². The van der Waals surface area contributed by atoms with Crippen molar-refractivity contribution in [2.24, 2.45) is 0 Å². The molecular formula is C14H20Cl2N2O5S. The second kappa shape index (κ2) is 9.43. The number of sulfone groups is 1. The summed E-state index contributed by atoms with van der Waals surface area (Å²) in [7, 11) is -3.12. The zero-order valence-corrected chi connectivity index (χ0v) is 15.5. The number of hydrogen-bond acceptors (Lipinski definition) is 6. The summed E-state index contributed by atoms with van der Waals surface area (Å²) in [6, 6.07) is 4.73. The summed E-state index contributed by atoms with van der Waals surface area (Å²) in [4.78, 5) is 12.2. The van der Waals surface area contributed by atoms with E-state index in [-0.39, 0.29) is 30.7 Å². The molecule has 136 valence electrons. The zero-order chi connectivity index (χ0) is 16.9. The smallest absolute Gasteiger partial charge is 0.254 e. The Balaban J connectivity index is 0.00000288. The minimum absolute atomic E-state index is 0. The molecule has 7 nitrogen and oxygen atoms in total. The molecule has 1 aromatic rings. The van der Waals surface area contributed by atoms with Gasteiger partial charge in [0.2, 0.25) is 0 Å². The molecule has 1 unspecified atom stereocenters. The number of benzene rings is 1. The molecule has 1 amide bonds. The fourth-order valence-corrected chi connectivity index (χ4v) is 2.53. The summed E-state index contributed by atoms with van der Waals surface area (Å²) in [6.07, 6.45) is 0.542. The quantitative estimate of drug-likeness (QED) is 0.745. The SMILES string of the molecule is CS(=O)(=O)CCOc1ccc(Cl)cc1NC(=O)C1CNCCO1.Cl. The number of ether oxygens (including phenoxy) is 2. The predicted octanol–water partition coefficient (Wildman–Crippen LogP) is 1.11. The number of anilines is 1. The number of carbonyl (C=O) groups is 1. The van der Waals surface area contributed by atoms with Gasteiger partial charge in [-0.25, -0.2) is 8.42 Å². The maximum absolute atomic E-state index is 12.2. The number of nitrogens with one attached hydrogen (secondary N) is 2. The minimum Gasteiger partial charge on any atom is -0.490 e. The van der Waals surface area contributed by atoms with Gasteiger partial charge in [0.25, 0.3) is 5.91 Å². The second-order valence-corrected chi connectivity index (χ2v) is 7.87. The molecule has 1 saturated heterocycles. The summed E-state index contributed by atoms with van der Waals surface area (Å²) in [6.45, 7) is 1.59. The van der Waals surface area contributed by atoms with Crippen LogP contribution < -0.4 is 15.4 Å². The van der Waals surface area contributed by atoms with E-state index in [2.05, 4.69) is 10.6 Å². The van der Waals surface area contributed by atoms with E-state index in [4.69, 9.17) is 21.1 Å². The molecule has 1 aliphatic rings. The number of hydrogen-bond donors (Lipinski definition) is 2. The van der Waals surface area contributed by atoms with Gasteiger partial charge in [-0.15, -0.1) is 12.4 Å². The van der Waals surface area contributed by atoms with Crippen molar-refractivity contribution in [3.05, 3.63) is 23.2 Å². The van der Waals surface area contributed by atoms with Crippen molar-refractivity contribution in [2.45, 2.75) is 6.10 Å². The molecule has 24 heavy (non-hydrogen) atoms. The average Bonchev–Trinajstić information content (AvgIpc) is 2.49. The first-order chi connectivity index (χ1) is 10.8. The topological polar surface area (TPSA) is 93.7 Å². The summed E-state index contributed by atoms with van der Waals surface area (Å²) in [5.74, 6) is -0.0684. The highest BCUT2D eigenvalue weighted by molar-refractivity contribution is 7.90. The third kappa shape index (κ3) is 6.82. The number of morpholine rings is 1. The molecule has 1 atom stereocenters. The first kappa shape index (κ1) is 21.0. The highest BCUT2D eigenvalue weighted by atomic mass is 35.5. The highest BCUT2D eigenvalue weighted by Crippen LogP contribution is 2.28. The lowest BCUT2D eigenvalue weighted by molar-refractivity contribution is -0.128. The molecule has 1 aromatic carbocycles. The Hall–Kier alpha value is -1.06. The summed E-state index contributed by atoms with van der Waals surface area (Å²) in [5.41, 5.74) is 0.380. The van der Waals surface area contributed by atoms with E-state index in [1.165, 1.54) is 0 Å². The molecule has 0 bridgehead atoms. The van der Waals surface area contributed by atoms with Crippen LogP contribution in [0.25, 0.3) is 0 Å². The van der Waals surface area contributed by atoms with Crippen LogP contribution in [0.4, 0.5) is 5.69 Å². The molecule has 0 aromatic heterocycles. The van der Waals surface area contributed by atoms with Gasteiger partial charge in [0.1, 0.15) is 18.5 Å². The molecule has 2 rings (SSSR count). The van der Waals surface area contributed by atoms with Crippen molar-refractivity contribution in [1.82, 2.24) is 5.32 Å². The zero-order valence-electron chi connectivity index (χ0n) is 13.1. The molecule has 10 heteroatoms. The summed E-state index contributed by atoms with van der Waals surface area (Å²) < 4.78 is 33.1. The van der Waals surface area contributed by atoms with Gasteiger partial charge in [0.05, 0.1) is 18.0 Å². The lowest BCUT2D eigenvalue weighted by Crippen LogP contribution is -2.45. The molecule has 1 fully saturated rings. The first-order valence-corrected chi connectivity index (χ1v) is 9.52. The van der Waals surface area contributed by atoms with Crippen LogP contribution in [0.3, 0.4) is 0 Å². The van der Waals surface area contributed by atoms with Crippen molar-refractivity contribution in [3.8, 4) is 5.75 Å². The van der Waals surface area contributed by atoms with E-state index in [9.17, 15) is 13.2 Å². The van der Waals surface area contributed by atoms with Crippen LogP contribution in [-0.2, 0) is 19.4 Å². The monoisotopic (exact) mass is 398 g/mol. The predicted molar refractivity (Wildman–Crippen MR) is 95.1 cm³/mol. The van der Waals surface area contributed by atoms with Gasteiger partial charge in [-0.3, -0.25) is 4.79 Å². The molecule has 0 saturated carbocycles. The number of amides is 1. The molecular weight excluding hydrogens is 379 g/mol. The summed E-state index contributed by atoms with van der Waals surface area (Å²) >= 11 is 5.95. The van der Waals surface area contributed by atoms with Crippen molar-refractivity contribution >= 4 is 45.4 Å².